The van der Waals surface area contributed by atoms with E-state index in [1.165, 1.54) is 0 Å². The highest BCUT2D eigenvalue weighted by molar-refractivity contribution is 6.19. The van der Waals surface area contributed by atoms with E-state index in [4.69, 9.17) is 4.74 Å². The second-order valence-electron chi connectivity index (χ2n) is 6.45. The van der Waals surface area contributed by atoms with Crippen LogP contribution in [0.2, 0.25) is 0 Å². The highest BCUT2D eigenvalue weighted by atomic mass is 16.5. The normalized spacial score (nSPS) is 26.6. The summed E-state index contributed by atoms with van der Waals surface area (Å²) in [7, 11) is 0. The van der Waals surface area contributed by atoms with Gasteiger partial charge in [0, 0.05) is 12.1 Å². The van der Waals surface area contributed by atoms with Gasteiger partial charge in [0.25, 0.3) is 0 Å². The van der Waals surface area contributed by atoms with Gasteiger partial charge in [-0.15, -0.1) is 0 Å². The van der Waals surface area contributed by atoms with E-state index in [9.17, 15) is 19.2 Å². The number of ether oxygens (including phenoxy) is 1. The predicted molar refractivity (Wildman–Crippen MR) is 88.7 cm³/mol. The van der Waals surface area contributed by atoms with Crippen LogP contribution in [0.5, 0.6) is 0 Å². The van der Waals surface area contributed by atoms with Crippen LogP contribution in [0.3, 0.4) is 0 Å². The van der Waals surface area contributed by atoms with E-state index in [2.05, 4.69) is 10.6 Å². The number of fused-ring (bicyclic) bond motifs is 2. The molecule has 2 amide bonds. The van der Waals surface area contributed by atoms with Gasteiger partial charge >= 0.3 is 5.97 Å². The van der Waals surface area contributed by atoms with E-state index in [1.807, 2.05) is 0 Å². The summed E-state index contributed by atoms with van der Waals surface area (Å²) >= 11 is 0. The van der Waals surface area contributed by atoms with Gasteiger partial charge in [0.2, 0.25) is 11.8 Å². The van der Waals surface area contributed by atoms with Crippen molar-refractivity contribution in [3.63, 3.8) is 0 Å². The first-order valence-electron chi connectivity index (χ1n) is 8.29. The topological polar surface area (TPSA) is 102 Å². The fraction of sp³-hybridized carbons (Fsp3) is 0.444. The number of esters is 1. The Kier molecular flexibility index (Phi) is 4.32. The zero-order valence-electron chi connectivity index (χ0n) is 14.1. The highest BCUT2D eigenvalue weighted by Crippen LogP contribution is 2.62. The summed E-state index contributed by atoms with van der Waals surface area (Å²) in [6.45, 7) is 3.75. The smallest absolute Gasteiger partial charge is 0.307 e. The monoisotopic (exact) mass is 344 g/mol. The predicted octanol–water partition coefficient (Wildman–Crippen LogP) is 1.14. The molecule has 1 aliphatic carbocycles. The molecular formula is C18H20N2O5. The third kappa shape index (κ3) is 2.79. The maximum atomic E-state index is 12.9. The minimum Gasteiger partial charge on any atom is -0.466 e. The summed E-state index contributed by atoms with van der Waals surface area (Å²) in [5.74, 6) is -2.75. The summed E-state index contributed by atoms with van der Waals surface area (Å²) in [6, 6.07) is 6.79. The minimum absolute atomic E-state index is 0.0522. The van der Waals surface area contributed by atoms with Gasteiger partial charge in [0.05, 0.1) is 36.0 Å². The summed E-state index contributed by atoms with van der Waals surface area (Å²) in [5, 5.41) is 5.36. The zero-order valence-corrected chi connectivity index (χ0v) is 14.1. The van der Waals surface area contributed by atoms with Crippen molar-refractivity contribution in [2.24, 2.45) is 17.3 Å². The molecule has 1 saturated carbocycles. The van der Waals surface area contributed by atoms with Crippen LogP contribution >= 0.6 is 0 Å². The molecule has 1 aromatic carbocycles. The third-order valence-electron chi connectivity index (χ3n) is 4.93. The quantitative estimate of drug-likeness (QED) is 0.780. The number of Topliss-reactive ketones (excluding diaryl/α,β-unsaturated/α-hetero) is 1. The molecular weight excluding hydrogens is 324 g/mol. The van der Waals surface area contributed by atoms with Crippen LogP contribution in [0, 0.1) is 17.3 Å². The Morgan fingerprint density at radius 1 is 1.28 bits per heavy atom. The first-order chi connectivity index (χ1) is 11.9. The Bertz CT molecular complexity index is 760. The number of anilines is 1. The van der Waals surface area contributed by atoms with Crippen LogP contribution in [0.4, 0.5) is 5.69 Å². The van der Waals surface area contributed by atoms with Crippen LogP contribution in [-0.4, -0.2) is 36.7 Å². The molecule has 0 saturated heterocycles. The Hall–Kier alpha value is -2.70. The number of carbonyl (C=O) groups is 4. The number of rotatable bonds is 5. The molecule has 2 N–H and O–H groups in total. The molecule has 2 aliphatic rings. The van der Waals surface area contributed by atoms with E-state index in [0.717, 1.165) is 0 Å². The van der Waals surface area contributed by atoms with Crippen molar-refractivity contribution >= 4 is 29.3 Å². The molecule has 7 nitrogen and oxygen atoms in total. The molecule has 0 unspecified atom stereocenters. The third-order valence-corrected chi connectivity index (χ3v) is 4.93. The van der Waals surface area contributed by atoms with Gasteiger partial charge in [-0.25, -0.2) is 0 Å². The molecule has 25 heavy (non-hydrogen) atoms. The minimum atomic E-state index is -1.05. The summed E-state index contributed by atoms with van der Waals surface area (Å²) < 4.78 is 4.80. The van der Waals surface area contributed by atoms with Gasteiger partial charge in [0.15, 0.2) is 5.78 Å². The molecule has 1 heterocycles. The van der Waals surface area contributed by atoms with Gasteiger partial charge in [-0.05, 0) is 19.1 Å². The Labute approximate surface area is 145 Å². The van der Waals surface area contributed by atoms with E-state index in [1.54, 1.807) is 38.1 Å². The number of benzene rings is 1. The molecule has 0 spiro atoms. The fourth-order valence-electron chi connectivity index (χ4n) is 3.56. The molecule has 3 rings (SSSR count). The molecule has 1 fully saturated rings. The average Bonchev–Trinajstić information content (AvgIpc) is 3.23. The summed E-state index contributed by atoms with van der Waals surface area (Å²) in [4.78, 5) is 49.1. The molecule has 0 aromatic heterocycles. The molecule has 3 atom stereocenters. The number of hydrogen-bond donors (Lipinski definition) is 2. The highest BCUT2D eigenvalue weighted by Gasteiger charge is 2.73. The van der Waals surface area contributed by atoms with Crippen LogP contribution in [0.25, 0.3) is 0 Å². The molecule has 0 bridgehead atoms. The molecule has 1 aliphatic heterocycles. The lowest BCUT2D eigenvalue weighted by molar-refractivity contribution is -0.143. The van der Waals surface area contributed by atoms with Crippen molar-refractivity contribution in [1.82, 2.24) is 5.32 Å². The van der Waals surface area contributed by atoms with E-state index < -0.39 is 23.2 Å². The lowest BCUT2D eigenvalue weighted by Gasteiger charge is -2.12. The number of hydrogen-bond acceptors (Lipinski definition) is 5. The first-order valence-corrected chi connectivity index (χ1v) is 8.29. The lowest BCUT2D eigenvalue weighted by atomic mass is 9.92. The fourth-order valence-corrected chi connectivity index (χ4v) is 3.56. The van der Waals surface area contributed by atoms with Gasteiger partial charge in [-0.2, -0.15) is 0 Å². The summed E-state index contributed by atoms with van der Waals surface area (Å²) in [6.07, 6.45) is 0.0522. The molecule has 7 heteroatoms. The van der Waals surface area contributed by atoms with Gasteiger partial charge in [0.1, 0.15) is 0 Å². The molecule has 0 radical (unpaired) electrons. The van der Waals surface area contributed by atoms with Crippen molar-refractivity contribution in [2.45, 2.75) is 20.3 Å². The number of amides is 2. The number of para-hydroxylation sites is 1. The van der Waals surface area contributed by atoms with Crippen molar-refractivity contribution < 1.29 is 23.9 Å². The van der Waals surface area contributed by atoms with Crippen molar-refractivity contribution in [1.29, 1.82) is 0 Å². The first kappa shape index (κ1) is 17.1. The second-order valence-corrected chi connectivity index (χ2v) is 6.45. The van der Waals surface area contributed by atoms with E-state index in [-0.39, 0.29) is 37.2 Å². The van der Waals surface area contributed by atoms with Gasteiger partial charge in [-0.1, -0.05) is 19.1 Å². The molecule has 1 aromatic rings. The standard InChI is InChI=1S/C18H20N2O5/c1-3-25-12(21)8-9-19-16(23)13-14-17(24)20-11-7-5-4-6-10(11)15(22)18(13,14)2/h4-7,13-14H,3,8-9H2,1-2H3,(H,19,23)(H,20,24)/t13-,14-,18+/m0/s1. The molecule has 132 valence electrons. The summed E-state index contributed by atoms with van der Waals surface area (Å²) in [5.41, 5.74) is -0.153. The van der Waals surface area contributed by atoms with Crippen LogP contribution in [0.1, 0.15) is 30.6 Å². The maximum absolute atomic E-state index is 12.9. The zero-order chi connectivity index (χ0) is 18.2. The largest absolute Gasteiger partial charge is 0.466 e. The van der Waals surface area contributed by atoms with Crippen molar-refractivity contribution in [3.05, 3.63) is 29.8 Å². The van der Waals surface area contributed by atoms with Gasteiger partial charge in [-0.3, -0.25) is 19.2 Å². The van der Waals surface area contributed by atoms with Crippen LogP contribution in [-0.2, 0) is 19.1 Å². The number of nitrogens with one attached hydrogen (secondary N) is 2. The maximum Gasteiger partial charge on any atom is 0.307 e. The van der Waals surface area contributed by atoms with E-state index >= 15 is 0 Å². The van der Waals surface area contributed by atoms with Crippen molar-refractivity contribution in [2.75, 3.05) is 18.5 Å². The van der Waals surface area contributed by atoms with E-state index in [0.29, 0.717) is 11.3 Å². The Morgan fingerprint density at radius 3 is 2.72 bits per heavy atom. The Morgan fingerprint density at radius 2 is 2.00 bits per heavy atom. The van der Waals surface area contributed by atoms with Crippen LogP contribution in [0.15, 0.2) is 24.3 Å². The van der Waals surface area contributed by atoms with Gasteiger partial charge < -0.3 is 15.4 Å². The SMILES string of the molecule is CCOC(=O)CCNC(=O)[C@@H]1[C@H]2C(=O)Nc3ccccc3C(=O)[C@]12C. The van der Waals surface area contributed by atoms with Crippen molar-refractivity contribution in [3.8, 4) is 0 Å². The Balaban J connectivity index is 1.72. The van der Waals surface area contributed by atoms with Crippen LogP contribution < -0.4 is 10.6 Å². The number of carbonyl (C=O) groups excluding carboxylic acids is 4. The second kappa shape index (κ2) is 6.31. The number of ketones is 1. The average molecular weight is 344 g/mol. The lowest BCUT2D eigenvalue weighted by Crippen LogP contribution is -2.31.